The van der Waals surface area contributed by atoms with Gasteiger partial charge < -0.3 is 20.3 Å². The Kier molecular flexibility index (Phi) is 9.75. The molecule has 0 unspecified atom stereocenters. The molecule has 6 aliphatic rings. The van der Waals surface area contributed by atoms with Crippen LogP contribution in [0.4, 0.5) is 9.93 Å². The summed E-state index contributed by atoms with van der Waals surface area (Å²) in [5.41, 5.74) is 2.76. The molecule has 4 heterocycles. The number of nitrogens with zero attached hydrogens (tertiary/aromatic N) is 3. The minimum absolute atomic E-state index is 0.0118. The van der Waals surface area contributed by atoms with Crippen molar-refractivity contribution in [2.24, 2.45) is 11.8 Å². The van der Waals surface area contributed by atoms with Crippen LogP contribution in [0.2, 0.25) is 0 Å². The summed E-state index contributed by atoms with van der Waals surface area (Å²) in [5, 5.41) is 8.45. The fraction of sp³-hybridized carbons (Fsp3) is 0.605. The summed E-state index contributed by atoms with van der Waals surface area (Å²) in [4.78, 5) is 64.4. The van der Waals surface area contributed by atoms with Crippen molar-refractivity contribution in [2.45, 2.75) is 126 Å². The number of carbonyl (C=O) groups is 4. The summed E-state index contributed by atoms with van der Waals surface area (Å²) in [6, 6.07) is 4.38. The van der Waals surface area contributed by atoms with Gasteiger partial charge >= 0.3 is 6.09 Å². The van der Waals surface area contributed by atoms with Crippen LogP contribution < -0.4 is 15.4 Å². The van der Waals surface area contributed by atoms with Crippen LogP contribution in [0.1, 0.15) is 99.9 Å². The largest absolute Gasteiger partial charge is 0.444 e. The van der Waals surface area contributed by atoms with Crippen molar-refractivity contribution in [2.75, 3.05) is 11.9 Å². The second-order valence-corrected chi connectivity index (χ2v) is 18.5. The van der Waals surface area contributed by atoms with Crippen molar-refractivity contribution in [1.29, 1.82) is 0 Å². The highest BCUT2D eigenvalue weighted by atomic mass is 32.2. The minimum atomic E-state index is -3.84. The highest BCUT2D eigenvalue weighted by Gasteiger charge is 2.62. The van der Waals surface area contributed by atoms with Gasteiger partial charge in [0.15, 0.2) is 5.13 Å². The first-order chi connectivity index (χ1) is 25.5. The zero-order valence-corrected chi connectivity index (χ0v) is 31.7. The first kappa shape index (κ1) is 36.0. The van der Waals surface area contributed by atoms with Crippen molar-refractivity contribution in [1.82, 2.24) is 24.8 Å². The monoisotopic (exact) mass is 764 g/mol. The van der Waals surface area contributed by atoms with Gasteiger partial charge in [0, 0.05) is 18.3 Å². The average Bonchev–Trinajstić information content (AvgIpc) is 3.77. The van der Waals surface area contributed by atoms with Gasteiger partial charge in [-0.3, -0.25) is 24.0 Å². The van der Waals surface area contributed by atoms with E-state index in [1.54, 1.807) is 4.90 Å². The number of hydrogen-bond donors (Lipinski definition) is 3. The average molecular weight is 765 g/mol. The van der Waals surface area contributed by atoms with Gasteiger partial charge in [0.2, 0.25) is 21.8 Å². The third-order valence-corrected chi connectivity index (χ3v) is 14.7. The number of thiazole rings is 1. The van der Waals surface area contributed by atoms with Crippen molar-refractivity contribution < 1.29 is 32.3 Å². The van der Waals surface area contributed by atoms with Crippen LogP contribution in [0.15, 0.2) is 29.7 Å². The van der Waals surface area contributed by atoms with Crippen molar-refractivity contribution in [3.05, 3.63) is 52.0 Å². The Bertz CT molecular complexity index is 1920. The minimum Gasteiger partial charge on any atom is -0.444 e. The Hall–Kier alpha value is -3.98. The fourth-order valence-corrected chi connectivity index (χ4v) is 10.9. The van der Waals surface area contributed by atoms with E-state index in [9.17, 15) is 27.6 Å². The molecule has 53 heavy (non-hydrogen) atoms. The molecule has 284 valence electrons. The Morgan fingerprint density at radius 1 is 1.11 bits per heavy atom. The second kappa shape index (κ2) is 14.3. The summed E-state index contributed by atoms with van der Waals surface area (Å²) in [5.74, 6) is -1.79. The lowest BCUT2D eigenvalue weighted by Crippen LogP contribution is -2.58. The van der Waals surface area contributed by atoms with Crippen LogP contribution in [-0.2, 0) is 48.7 Å². The van der Waals surface area contributed by atoms with Crippen LogP contribution in [0, 0.1) is 11.8 Å². The highest BCUT2D eigenvalue weighted by molar-refractivity contribution is 7.91. The normalized spacial score (nSPS) is 29.7. The van der Waals surface area contributed by atoms with E-state index in [1.165, 1.54) is 16.2 Å². The van der Waals surface area contributed by atoms with E-state index in [1.807, 2.05) is 24.4 Å². The molecule has 0 spiro atoms. The molecule has 4 amide bonds. The number of aryl methyl sites for hydroxylation is 1. The number of benzene rings is 1. The molecule has 15 heteroatoms. The predicted octanol–water partition coefficient (Wildman–Crippen LogP) is 4.48. The Morgan fingerprint density at radius 2 is 1.92 bits per heavy atom. The van der Waals surface area contributed by atoms with Gasteiger partial charge in [-0.05, 0) is 79.9 Å². The summed E-state index contributed by atoms with van der Waals surface area (Å²) in [7, 11) is -3.84. The number of allylic oxidation sites excluding steroid dienone is 1. The number of fused-ring (bicyclic) bond motifs is 5. The number of ether oxygens (including phenoxy) is 1. The number of rotatable bonds is 7. The summed E-state index contributed by atoms with van der Waals surface area (Å²) >= 11 is 1.46. The van der Waals surface area contributed by atoms with E-state index in [4.69, 9.17) is 9.72 Å². The molecule has 3 aliphatic carbocycles. The molecule has 3 N–H and O–H groups in total. The standard InChI is InChI=1S/C38H48N6O7S2/c1-2-26-18-38(26,35(47)42-53(49,50)29-15-16-29)41-33(45)31-17-28-20-44(31)34(46)32(24-10-6-7-11-24)40-36-39-27(22-52-36)14-5-3-4-9-23-12-8-13-25-19-43(21-30(23)25)37(48)51-28/h4,8-9,12-13,22,24,26,28-29,31-32H,2-3,5-7,10-11,14-21H2,1H3,(H,39,40)(H,41,45)(H,42,47)/b9-4+/t26-,28-,31+,32+,38-/m1/s1. The molecule has 3 aliphatic heterocycles. The van der Waals surface area contributed by atoms with Crippen molar-refractivity contribution >= 4 is 56.4 Å². The predicted molar refractivity (Wildman–Crippen MR) is 199 cm³/mol. The maximum atomic E-state index is 14.8. The smallest absolute Gasteiger partial charge is 0.410 e. The van der Waals surface area contributed by atoms with E-state index in [0.29, 0.717) is 43.9 Å². The summed E-state index contributed by atoms with van der Waals surface area (Å²) in [6.07, 6.45) is 11.2. The second-order valence-electron chi connectivity index (χ2n) is 15.6. The maximum Gasteiger partial charge on any atom is 0.410 e. The number of carbonyl (C=O) groups excluding carboxylic acids is 4. The van der Waals surface area contributed by atoms with Crippen LogP contribution in [0.5, 0.6) is 0 Å². The molecule has 8 rings (SSSR count). The summed E-state index contributed by atoms with van der Waals surface area (Å²) in [6.45, 7) is 2.69. The fourth-order valence-electron chi connectivity index (χ4n) is 8.70. The first-order valence-corrected chi connectivity index (χ1v) is 21.6. The van der Waals surface area contributed by atoms with Crippen LogP contribution >= 0.6 is 11.3 Å². The van der Waals surface area contributed by atoms with E-state index in [2.05, 4.69) is 33.6 Å². The van der Waals surface area contributed by atoms with Crippen LogP contribution in [0.3, 0.4) is 0 Å². The zero-order valence-electron chi connectivity index (χ0n) is 30.1. The van der Waals surface area contributed by atoms with Gasteiger partial charge in [-0.25, -0.2) is 18.2 Å². The molecular weight excluding hydrogens is 717 g/mol. The molecule has 0 radical (unpaired) electrons. The summed E-state index contributed by atoms with van der Waals surface area (Å²) < 4.78 is 33.8. The van der Waals surface area contributed by atoms with Gasteiger partial charge in [0.1, 0.15) is 23.7 Å². The number of nitrogens with one attached hydrogen (secondary N) is 3. The molecule has 4 fully saturated rings. The molecule has 2 aromatic rings. The lowest BCUT2D eigenvalue weighted by atomic mass is 9.96. The van der Waals surface area contributed by atoms with Gasteiger partial charge in [-0.2, -0.15) is 0 Å². The first-order valence-electron chi connectivity index (χ1n) is 19.2. The number of amides is 4. The molecule has 3 saturated carbocycles. The lowest BCUT2D eigenvalue weighted by molar-refractivity contribution is -0.141. The number of anilines is 1. The molecule has 13 nitrogen and oxygen atoms in total. The van der Waals surface area contributed by atoms with Gasteiger partial charge in [0.05, 0.1) is 24.0 Å². The third-order valence-electron chi connectivity index (χ3n) is 12.0. The molecule has 1 saturated heterocycles. The Morgan fingerprint density at radius 3 is 2.68 bits per heavy atom. The van der Waals surface area contributed by atoms with E-state index >= 15 is 0 Å². The topological polar surface area (TPSA) is 167 Å². The van der Waals surface area contributed by atoms with Crippen LogP contribution in [-0.4, -0.2) is 82.5 Å². The van der Waals surface area contributed by atoms with Crippen molar-refractivity contribution in [3.8, 4) is 0 Å². The Balaban J connectivity index is 1.09. The van der Waals surface area contributed by atoms with E-state index < -0.39 is 56.9 Å². The quantitative estimate of drug-likeness (QED) is 0.369. The maximum absolute atomic E-state index is 14.8. The van der Waals surface area contributed by atoms with Gasteiger partial charge in [-0.1, -0.05) is 56.5 Å². The number of hydrogen-bond acceptors (Lipinski definition) is 10. The van der Waals surface area contributed by atoms with Crippen molar-refractivity contribution in [3.63, 3.8) is 0 Å². The van der Waals surface area contributed by atoms with Gasteiger partial charge in [-0.15, -0.1) is 11.3 Å². The molecule has 1 aromatic heterocycles. The Labute approximate surface area is 314 Å². The van der Waals surface area contributed by atoms with Crippen LogP contribution in [0.25, 0.3) is 6.08 Å². The van der Waals surface area contributed by atoms with E-state index in [-0.39, 0.29) is 30.7 Å². The van der Waals surface area contributed by atoms with E-state index in [0.717, 1.165) is 67.3 Å². The lowest BCUT2D eigenvalue weighted by Gasteiger charge is -2.32. The van der Waals surface area contributed by atoms with Gasteiger partial charge in [0.25, 0.3) is 5.91 Å². The zero-order chi connectivity index (χ0) is 36.9. The molecule has 1 aromatic carbocycles. The molecule has 5 atom stereocenters. The number of sulfonamides is 1. The highest BCUT2D eigenvalue weighted by Crippen LogP contribution is 2.47. The molecular formula is C38H48N6O7S2. The number of aromatic nitrogens is 1. The third kappa shape index (κ3) is 7.30. The SMILES string of the molecule is CC[C@@H]1C[C@]1(NC(=O)[C@@H]1C[C@@H]2CN1C(=O)[C@H](C1CCCC1)Nc1nc(cs1)CCC/C=C/c1cccc3c1CN(C3)C(=O)O2)C(=O)NS(=O)(=O)C1CC1. The molecule has 6 bridgehead atoms.